The molecule has 46 heavy (non-hydrogen) atoms. The topological polar surface area (TPSA) is 27.7 Å². The predicted molar refractivity (Wildman–Crippen MR) is 136 cm³/mol. The van der Waals surface area contributed by atoms with Gasteiger partial charge in [-0.1, -0.05) is 6.42 Å². The molecule has 3 radical (unpaired) electrons. The Bertz CT molecular complexity index is 923. The van der Waals surface area contributed by atoms with E-state index in [1.165, 1.54) is 6.55 Å². The third-order valence-electron chi connectivity index (χ3n) is 6.38. The number of alkyl halides is 18. The zero-order chi connectivity index (χ0) is 36.8. The second-order valence-corrected chi connectivity index (χ2v) is 17.7. The molecule has 0 aliphatic heterocycles. The van der Waals surface area contributed by atoms with Crippen LogP contribution in [0.1, 0.15) is 25.7 Å². The van der Waals surface area contributed by atoms with Crippen LogP contribution in [0, 0.1) is 0 Å². The first-order valence-corrected chi connectivity index (χ1v) is 20.4. The molecule has 0 aromatic rings. The summed E-state index contributed by atoms with van der Waals surface area (Å²) in [6.45, 7) is 6.18. The molecule has 2 unspecified atom stereocenters. The summed E-state index contributed by atoms with van der Waals surface area (Å²) in [6, 6.07) is 0.577. The molecule has 0 amide bonds. The standard InChI is InChI=1S/C21H30F18O3PSi3/c1-43-40-8-9-41-44(2)10-5-11-45(3)42-46(4)13(12-15(24,25)17(28,29)19(32,33)21(37,38)39)6-7-14(22,23)16(26,27)18(30,31)20(34,35)36/h13,43H,5-12H2,1-4H3. The van der Waals surface area contributed by atoms with E-state index >= 15 is 0 Å². The van der Waals surface area contributed by atoms with Crippen molar-refractivity contribution in [1.29, 1.82) is 0 Å². The lowest BCUT2D eigenvalue weighted by Crippen LogP contribution is -2.61. The molecule has 0 spiro atoms. The van der Waals surface area contributed by atoms with Gasteiger partial charge in [-0.15, -0.1) is 0 Å². The van der Waals surface area contributed by atoms with Crippen molar-refractivity contribution in [3.05, 3.63) is 0 Å². The highest BCUT2D eigenvalue weighted by Gasteiger charge is 2.83. The Morgan fingerprint density at radius 2 is 1.02 bits per heavy atom. The molecule has 0 saturated heterocycles. The van der Waals surface area contributed by atoms with Gasteiger partial charge in [0.25, 0.3) is 0 Å². The van der Waals surface area contributed by atoms with Crippen molar-refractivity contribution in [2.45, 2.75) is 111 Å². The SMILES string of the molecule is CPOCCO[Si](C)CCC[Si](C)O[Si](C)C(CCC(F)(F)C(F)(F)C(F)(F)C(F)(F)F)CC(F)(F)C(F)(F)C(F)(F)C(F)(F)F. The average molecular weight is 788 g/mol. The van der Waals surface area contributed by atoms with Crippen molar-refractivity contribution in [2.75, 3.05) is 19.9 Å². The maximum atomic E-state index is 14.4. The Labute approximate surface area is 259 Å². The number of halogens is 18. The molecule has 3 nitrogen and oxygen atoms in total. The first-order chi connectivity index (χ1) is 20.3. The summed E-state index contributed by atoms with van der Waals surface area (Å²) in [5.74, 6) is -42.0. The van der Waals surface area contributed by atoms with Crippen molar-refractivity contribution < 1.29 is 92.1 Å². The molecule has 25 heteroatoms. The summed E-state index contributed by atoms with van der Waals surface area (Å²) < 4.78 is 256. The molecule has 0 N–H and O–H groups in total. The molecule has 0 fully saturated rings. The minimum atomic E-state index is -7.40. The van der Waals surface area contributed by atoms with E-state index in [1.807, 2.05) is 0 Å². The van der Waals surface area contributed by atoms with Crippen LogP contribution in [-0.2, 0) is 13.1 Å². The molecule has 0 aromatic heterocycles. The molecule has 0 saturated carbocycles. The van der Waals surface area contributed by atoms with Gasteiger partial charge in [0.2, 0.25) is 9.04 Å². The normalized spacial score (nSPS) is 16.1. The highest BCUT2D eigenvalue weighted by molar-refractivity contribution is 7.31. The van der Waals surface area contributed by atoms with Crippen molar-refractivity contribution in [1.82, 2.24) is 0 Å². The maximum absolute atomic E-state index is 14.4. The van der Waals surface area contributed by atoms with Gasteiger partial charge in [-0.25, -0.2) is 0 Å². The van der Waals surface area contributed by atoms with Gasteiger partial charge >= 0.3 is 47.9 Å². The van der Waals surface area contributed by atoms with Crippen molar-refractivity contribution in [3.8, 4) is 0 Å². The summed E-state index contributed by atoms with van der Waals surface area (Å²) in [5, 5.41) is 0. The van der Waals surface area contributed by atoms with E-state index in [0.717, 1.165) is 6.55 Å². The van der Waals surface area contributed by atoms with Gasteiger partial charge in [-0.05, 0) is 50.4 Å². The van der Waals surface area contributed by atoms with Gasteiger partial charge in [0.1, 0.15) is 0 Å². The zero-order valence-electron chi connectivity index (χ0n) is 24.3. The van der Waals surface area contributed by atoms with Crippen LogP contribution in [-0.4, -0.2) is 94.9 Å². The Morgan fingerprint density at radius 1 is 0.587 bits per heavy atom. The fourth-order valence-corrected chi connectivity index (χ4v) is 10.6. The van der Waals surface area contributed by atoms with Crippen LogP contribution in [0.4, 0.5) is 79.0 Å². The van der Waals surface area contributed by atoms with Gasteiger partial charge < -0.3 is 13.1 Å². The Morgan fingerprint density at radius 3 is 1.46 bits per heavy atom. The van der Waals surface area contributed by atoms with E-state index in [4.69, 9.17) is 13.1 Å². The van der Waals surface area contributed by atoms with Crippen molar-refractivity contribution >= 4 is 35.9 Å². The lowest BCUT2D eigenvalue weighted by molar-refractivity contribution is -0.398. The lowest BCUT2D eigenvalue weighted by atomic mass is 9.94. The largest absolute Gasteiger partial charge is 0.460 e. The van der Waals surface area contributed by atoms with Crippen LogP contribution < -0.4 is 0 Å². The third kappa shape index (κ3) is 11.1. The van der Waals surface area contributed by atoms with Crippen LogP contribution in [0.15, 0.2) is 0 Å². The summed E-state index contributed by atoms with van der Waals surface area (Å²) in [7, 11) is -6.69. The fraction of sp³-hybridized carbons (Fsp3) is 1.00. The number of rotatable bonds is 21. The molecular formula is C21H30F18O3PSi3. The number of hydrogen-bond donors (Lipinski definition) is 0. The monoisotopic (exact) mass is 787 g/mol. The first-order valence-electron chi connectivity index (χ1n) is 12.8. The summed E-state index contributed by atoms with van der Waals surface area (Å²) >= 11 is 0. The number of hydrogen-bond acceptors (Lipinski definition) is 3. The van der Waals surface area contributed by atoms with Crippen LogP contribution >= 0.6 is 8.81 Å². The summed E-state index contributed by atoms with van der Waals surface area (Å²) in [6.07, 6.45) is -21.8. The summed E-state index contributed by atoms with van der Waals surface area (Å²) in [5.41, 5.74) is -2.65. The smallest absolute Gasteiger partial charge is 0.456 e. The van der Waals surface area contributed by atoms with E-state index in [1.54, 1.807) is 13.2 Å². The van der Waals surface area contributed by atoms with E-state index in [-0.39, 0.29) is 21.5 Å². The van der Waals surface area contributed by atoms with Gasteiger partial charge in [-0.2, -0.15) is 79.0 Å². The molecule has 0 rings (SSSR count). The van der Waals surface area contributed by atoms with E-state index in [0.29, 0.717) is 19.1 Å². The molecule has 0 bridgehead atoms. The quantitative estimate of drug-likeness (QED) is 0.0502. The average Bonchev–Trinajstić information content (AvgIpc) is 2.87. The fourth-order valence-electron chi connectivity index (χ4n) is 3.64. The maximum Gasteiger partial charge on any atom is 0.460 e. The second-order valence-electron chi connectivity index (χ2n) is 10.0. The van der Waals surface area contributed by atoms with Gasteiger partial charge in [0.15, 0.2) is 18.1 Å². The minimum Gasteiger partial charge on any atom is -0.456 e. The highest BCUT2D eigenvalue weighted by atomic mass is 31.1. The van der Waals surface area contributed by atoms with E-state index in [2.05, 4.69) is 0 Å². The molecule has 2 atom stereocenters. The Balaban J connectivity index is 6.08. The van der Waals surface area contributed by atoms with Gasteiger partial charge in [-0.3, -0.25) is 0 Å². The van der Waals surface area contributed by atoms with Gasteiger partial charge in [0, 0.05) is 21.6 Å². The zero-order valence-corrected chi connectivity index (χ0v) is 28.3. The molecule has 0 heterocycles. The van der Waals surface area contributed by atoms with Crippen molar-refractivity contribution in [3.63, 3.8) is 0 Å². The van der Waals surface area contributed by atoms with Crippen LogP contribution in [0.5, 0.6) is 0 Å². The molecular weight excluding hydrogens is 757 g/mol. The molecule has 0 aliphatic rings. The highest BCUT2D eigenvalue weighted by Crippen LogP contribution is 2.57. The third-order valence-corrected chi connectivity index (χ3v) is 14.0. The van der Waals surface area contributed by atoms with Crippen LogP contribution in [0.2, 0.25) is 37.3 Å². The van der Waals surface area contributed by atoms with Crippen molar-refractivity contribution in [2.24, 2.45) is 0 Å². The molecule has 275 valence electrons. The lowest BCUT2D eigenvalue weighted by Gasteiger charge is -2.37. The van der Waals surface area contributed by atoms with Gasteiger partial charge in [0.05, 0.1) is 13.2 Å². The van der Waals surface area contributed by atoms with E-state index in [9.17, 15) is 79.0 Å². The summed E-state index contributed by atoms with van der Waals surface area (Å²) in [4.78, 5) is 0. The minimum absolute atomic E-state index is 0.127. The molecule has 0 aromatic carbocycles. The predicted octanol–water partition coefficient (Wildman–Crippen LogP) is 9.99. The van der Waals surface area contributed by atoms with E-state index < -0.39 is 99.8 Å². The Hall–Kier alpha value is -0.299. The Kier molecular flexibility index (Phi) is 16.5. The van der Waals surface area contributed by atoms with Crippen LogP contribution in [0.25, 0.3) is 0 Å². The van der Waals surface area contributed by atoms with Crippen LogP contribution in [0.3, 0.4) is 0 Å². The molecule has 0 aliphatic carbocycles. The second kappa shape index (κ2) is 16.6. The first kappa shape index (κ1) is 45.7.